The molecule has 106 valence electrons. The van der Waals surface area contributed by atoms with E-state index in [0.717, 1.165) is 31.6 Å². The molecule has 1 rings (SSSR count). The number of carbonyl (C=O) groups excluding carboxylic acids is 1. The fraction of sp³-hybridized carbons (Fsp3) is 0.929. The first-order valence-corrected chi connectivity index (χ1v) is 7.21. The Hall–Kier alpha value is -0.610. The van der Waals surface area contributed by atoms with Crippen molar-refractivity contribution in [3.8, 4) is 0 Å². The molecule has 0 aromatic heterocycles. The van der Waals surface area contributed by atoms with E-state index in [1.807, 2.05) is 6.92 Å². The molecule has 0 aromatic carbocycles. The molecule has 1 amide bonds. The maximum Gasteiger partial charge on any atom is 0.222 e. The van der Waals surface area contributed by atoms with Crippen molar-refractivity contribution in [3.05, 3.63) is 0 Å². The van der Waals surface area contributed by atoms with Gasteiger partial charge in [0.1, 0.15) is 0 Å². The molecule has 1 unspecified atom stereocenters. The number of hydrogen-bond acceptors (Lipinski definition) is 3. The molecule has 4 heteroatoms. The van der Waals surface area contributed by atoms with Gasteiger partial charge in [0.05, 0.1) is 5.60 Å². The van der Waals surface area contributed by atoms with Crippen molar-refractivity contribution in [1.82, 2.24) is 5.32 Å². The number of amides is 1. The van der Waals surface area contributed by atoms with E-state index < -0.39 is 5.60 Å². The van der Waals surface area contributed by atoms with Gasteiger partial charge in [-0.2, -0.15) is 0 Å². The summed E-state index contributed by atoms with van der Waals surface area (Å²) in [5.74, 6) is 0.689. The first-order chi connectivity index (χ1) is 8.50. The van der Waals surface area contributed by atoms with Gasteiger partial charge in [-0.15, -0.1) is 0 Å². The van der Waals surface area contributed by atoms with E-state index in [9.17, 15) is 9.90 Å². The van der Waals surface area contributed by atoms with Crippen LogP contribution in [0.25, 0.3) is 0 Å². The van der Waals surface area contributed by atoms with Crippen LogP contribution in [-0.2, 0) is 4.79 Å². The van der Waals surface area contributed by atoms with Crippen molar-refractivity contribution in [2.75, 3.05) is 13.1 Å². The Morgan fingerprint density at radius 3 is 2.61 bits per heavy atom. The summed E-state index contributed by atoms with van der Waals surface area (Å²) in [5.41, 5.74) is 4.74. The van der Waals surface area contributed by atoms with E-state index in [1.54, 1.807) is 0 Å². The van der Waals surface area contributed by atoms with Gasteiger partial charge in [0, 0.05) is 12.5 Å². The fourth-order valence-corrected chi connectivity index (χ4v) is 2.61. The zero-order chi connectivity index (χ0) is 13.6. The second-order valence-corrected chi connectivity index (χ2v) is 5.77. The second-order valence-electron chi connectivity index (χ2n) is 5.77. The van der Waals surface area contributed by atoms with Crippen molar-refractivity contribution in [1.29, 1.82) is 0 Å². The lowest BCUT2D eigenvalue weighted by molar-refractivity contribution is -0.126. The van der Waals surface area contributed by atoms with Gasteiger partial charge in [-0.05, 0) is 44.6 Å². The van der Waals surface area contributed by atoms with Crippen molar-refractivity contribution in [2.45, 2.75) is 58.0 Å². The van der Waals surface area contributed by atoms with Gasteiger partial charge in [0.15, 0.2) is 0 Å². The minimum Gasteiger partial charge on any atom is -0.388 e. The van der Waals surface area contributed by atoms with Crippen LogP contribution < -0.4 is 11.1 Å². The van der Waals surface area contributed by atoms with Gasteiger partial charge in [-0.1, -0.05) is 20.3 Å². The third-order valence-electron chi connectivity index (χ3n) is 4.25. The van der Waals surface area contributed by atoms with Crippen LogP contribution in [0.15, 0.2) is 0 Å². The predicted octanol–water partition coefficient (Wildman–Crippen LogP) is 1.42. The van der Waals surface area contributed by atoms with Crippen LogP contribution in [0.5, 0.6) is 0 Å². The molecular weight excluding hydrogens is 228 g/mol. The molecule has 1 fully saturated rings. The van der Waals surface area contributed by atoms with E-state index >= 15 is 0 Å². The minimum absolute atomic E-state index is 0.00601. The zero-order valence-corrected chi connectivity index (χ0v) is 11.7. The summed E-state index contributed by atoms with van der Waals surface area (Å²) in [5, 5.41) is 13.3. The topological polar surface area (TPSA) is 75.3 Å². The van der Waals surface area contributed by atoms with Crippen LogP contribution >= 0.6 is 0 Å². The molecular formula is C14H28N2O2. The lowest BCUT2D eigenvalue weighted by Crippen LogP contribution is -2.46. The standard InChI is InChI=1S/C14H28N2O2/c1-3-12-4-7-14(18,8-5-12)10-16-13(17)11(2)6-9-15/h11-12,18H,3-10,15H2,1-2H3,(H,16,17). The number of nitrogens with two attached hydrogens (primary N) is 1. The second kappa shape index (κ2) is 7.10. The Kier molecular flexibility index (Phi) is 6.09. The highest BCUT2D eigenvalue weighted by Gasteiger charge is 2.33. The lowest BCUT2D eigenvalue weighted by atomic mass is 9.78. The summed E-state index contributed by atoms with van der Waals surface area (Å²) in [4.78, 5) is 11.8. The zero-order valence-electron chi connectivity index (χ0n) is 11.7. The van der Waals surface area contributed by atoms with Crippen molar-refractivity contribution in [3.63, 3.8) is 0 Å². The monoisotopic (exact) mass is 256 g/mol. The Labute approximate surface area is 110 Å². The number of hydrogen-bond donors (Lipinski definition) is 3. The van der Waals surface area contributed by atoms with E-state index in [2.05, 4.69) is 12.2 Å². The summed E-state index contributed by atoms with van der Waals surface area (Å²) >= 11 is 0. The Morgan fingerprint density at radius 2 is 2.11 bits per heavy atom. The highest BCUT2D eigenvalue weighted by Crippen LogP contribution is 2.33. The Morgan fingerprint density at radius 1 is 1.50 bits per heavy atom. The van der Waals surface area contributed by atoms with E-state index in [1.165, 1.54) is 6.42 Å². The van der Waals surface area contributed by atoms with Gasteiger partial charge < -0.3 is 16.2 Å². The average Bonchev–Trinajstić information content (AvgIpc) is 2.37. The van der Waals surface area contributed by atoms with E-state index in [4.69, 9.17) is 5.73 Å². The van der Waals surface area contributed by atoms with Crippen LogP contribution in [0.3, 0.4) is 0 Å². The Balaban J connectivity index is 2.32. The molecule has 4 nitrogen and oxygen atoms in total. The molecule has 0 radical (unpaired) electrons. The van der Waals surface area contributed by atoms with Gasteiger partial charge in [0.25, 0.3) is 0 Å². The molecule has 1 aliphatic carbocycles. The number of nitrogens with one attached hydrogen (secondary N) is 1. The SMILES string of the molecule is CCC1CCC(O)(CNC(=O)C(C)CCN)CC1. The molecule has 0 saturated heterocycles. The summed E-state index contributed by atoms with van der Waals surface area (Å²) in [6.07, 6.45) is 5.63. The number of rotatable bonds is 6. The summed E-state index contributed by atoms with van der Waals surface area (Å²) in [7, 11) is 0. The highest BCUT2D eigenvalue weighted by atomic mass is 16.3. The average molecular weight is 256 g/mol. The predicted molar refractivity (Wildman–Crippen MR) is 73.0 cm³/mol. The molecule has 1 saturated carbocycles. The third kappa shape index (κ3) is 4.58. The van der Waals surface area contributed by atoms with Crippen molar-refractivity contribution in [2.24, 2.45) is 17.6 Å². The van der Waals surface area contributed by atoms with Crippen LogP contribution in [0, 0.1) is 11.8 Å². The van der Waals surface area contributed by atoms with Crippen molar-refractivity contribution < 1.29 is 9.90 Å². The molecule has 0 heterocycles. The van der Waals surface area contributed by atoms with E-state index in [0.29, 0.717) is 19.5 Å². The van der Waals surface area contributed by atoms with Crippen LogP contribution in [0.2, 0.25) is 0 Å². The molecule has 1 atom stereocenters. The molecule has 0 aliphatic heterocycles. The number of carbonyl (C=O) groups is 1. The van der Waals surface area contributed by atoms with Gasteiger partial charge >= 0.3 is 0 Å². The van der Waals surface area contributed by atoms with E-state index in [-0.39, 0.29) is 11.8 Å². The molecule has 0 aromatic rings. The molecule has 1 aliphatic rings. The number of aliphatic hydroxyl groups is 1. The quantitative estimate of drug-likeness (QED) is 0.673. The first-order valence-electron chi connectivity index (χ1n) is 7.21. The molecule has 0 spiro atoms. The summed E-state index contributed by atoms with van der Waals surface area (Å²) in [6.45, 7) is 4.99. The summed E-state index contributed by atoms with van der Waals surface area (Å²) < 4.78 is 0. The normalized spacial score (nSPS) is 29.9. The Bertz CT molecular complexity index is 261. The largest absolute Gasteiger partial charge is 0.388 e. The maximum absolute atomic E-state index is 11.8. The van der Waals surface area contributed by atoms with Crippen LogP contribution in [0.4, 0.5) is 0 Å². The molecule has 18 heavy (non-hydrogen) atoms. The summed E-state index contributed by atoms with van der Waals surface area (Å²) in [6, 6.07) is 0. The highest BCUT2D eigenvalue weighted by molar-refractivity contribution is 5.78. The van der Waals surface area contributed by atoms with Crippen LogP contribution in [-0.4, -0.2) is 29.7 Å². The molecule has 0 bridgehead atoms. The first kappa shape index (κ1) is 15.4. The minimum atomic E-state index is -0.691. The van der Waals surface area contributed by atoms with Gasteiger partial charge in [0.2, 0.25) is 5.91 Å². The van der Waals surface area contributed by atoms with Gasteiger partial charge in [-0.3, -0.25) is 4.79 Å². The maximum atomic E-state index is 11.8. The lowest BCUT2D eigenvalue weighted by Gasteiger charge is -2.36. The van der Waals surface area contributed by atoms with Crippen LogP contribution in [0.1, 0.15) is 52.4 Å². The third-order valence-corrected chi connectivity index (χ3v) is 4.25. The smallest absolute Gasteiger partial charge is 0.222 e. The van der Waals surface area contributed by atoms with Crippen molar-refractivity contribution >= 4 is 5.91 Å². The molecule has 4 N–H and O–H groups in total. The fourth-order valence-electron chi connectivity index (χ4n) is 2.61. The van der Waals surface area contributed by atoms with Gasteiger partial charge in [-0.25, -0.2) is 0 Å².